The first kappa shape index (κ1) is 35.0. The minimum Gasteiger partial charge on any atom is -0.461 e. The SMILES string of the molecule is C=CCOC(=O)C[C@H]1CC[C@H](C)[C@@H](/C(C)=C/C=C/[C@@H](C)C[C@@]2(C)O[C@@H]2[C@H](C)[C@@H](OC)[C@@H](C)OC(=O)c2ccc(Cl)cc2)O1. The van der Waals surface area contributed by atoms with Crippen LogP contribution in [0.2, 0.25) is 5.02 Å². The van der Waals surface area contributed by atoms with Gasteiger partial charge in [-0.05, 0) is 81.7 Å². The van der Waals surface area contributed by atoms with E-state index in [-0.39, 0.29) is 60.8 Å². The number of carbonyl (C=O) groups excluding carboxylic acids is 2. The first-order valence-corrected chi connectivity index (χ1v) is 15.7. The largest absolute Gasteiger partial charge is 0.461 e. The Morgan fingerprint density at radius 2 is 1.88 bits per heavy atom. The highest BCUT2D eigenvalue weighted by Crippen LogP contribution is 2.47. The molecule has 2 heterocycles. The van der Waals surface area contributed by atoms with E-state index in [4.69, 9.17) is 35.3 Å². The maximum absolute atomic E-state index is 12.6. The number of allylic oxidation sites excluding steroid dienone is 3. The van der Waals surface area contributed by atoms with Crippen molar-refractivity contribution in [3.63, 3.8) is 0 Å². The highest BCUT2D eigenvalue weighted by molar-refractivity contribution is 6.30. The van der Waals surface area contributed by atoms with E-state index < -0.39 is 12.1 Å². The number of methoxy groups -OCH3 is 1. The summed E-state index contributed by atoms with van der Waals surface area (Å²) in [7, 11) is 1.64. The second-order valence-electron chi connectivity index (χ2n) is 12.4. The number of epoxide rings is 1. The van der Waals surface area contributed by atoms with Gasteiger partial charge >= 0.3 is 11.9 Å². The predicted octanol–water partition coefficient (Wildman–Crippen LogP) is 7.53. The molecule has 1 aromatic rings. The van der Waals surface area contributed by atoms with Crippen molar-refractivity contribution >= 4 is 23.5 Å². The molecule has 2 fully saturated rings. The zero-order chi connectivity index (χ0) is 31.7. The van der Waals surface area contributed by atoms with Gasteiger partial charge in [-0.25, -0.2) is 4.79 Å². The lowest BCUT2D eigenvalue weighted by molar-refractivity contribution is -0.149. The molecule has 0 N–H and O–H groups in total. The molecule has 0 aliphatic carbocycles. The predicted molar refractivity (Wildman–Crippen MR) is 169 cm³/mol. The molecule has 1 aromatic carbocycles. The van der Waals surface area contributed by atoms with Crippen molar-refractivity contribution in [2.24, 2.45) is 17.8 Å². The fourth-order valence-corrected chi connectivity index (χ4v) is 6.42. The van der Waals surface area contributed by atoms with Crippen LogP contribution in [0.15, 0.2) is 60.7 Å². The van der Waals surface area contributed by atoms with Crippen molar-refractivity contribution in [1.82, 2.24) is 0 Å². The van der Waals surface area contributed by atoms with E-state index in [1.165, 1.54) is 0 Å². The van der Waals surface area contributed by atoms with Gasteiger partial charge in [0.2, 0.25) is 0 Å². The molecule has 3 rings (SSSR count). The molecular weight excluding hydrogens is 568 g/mol. The Balaban J connectivity index is 1.50. The maximum Gasteiger partial charge on any atom is 0.338 e. The fourth-order valence-electron chi connectivity index (χ4n) is 6.29. The number of ether oxygens (including phenoxy) is 5. The van der Waals surface area contributed by atoms with Gasteiger partial charge in [-0.1, -0.05) is 63.3 Å². The fraction of sp³-hybridized carbons (Fsp3) is 0.600. The zero-order valence-electron chi connectivity index (χ0n) is 26.7. The number of halogens is 1. The molecule has 0 saturated carbocycles. The zero-order valence-corrected chi connectivity index (χ0v) is 27.5. The Kier molecular flexibility index (Phi) is 13.1. The van der Waals surface area contributed by atoms with Crippen LogP contribution in [0, 0.1) is 17.8 Å². The molecule has 0 aromatic heterocycles. The van der Waals surface area contributed by atoms with Gasteiger partial charge in [-0.3, -0.25) is 4.79 Å². The third-order valence-electron chi connectivity index (χ3n) is 8.58. The summed E-state index contributed by atoms with van der Waals surface area (Å²) in [4.78, 5) is 24.7. The highest BCUT2D eigenvalue weighted by atomic mass is 35.5. The Bertz CT molecular complexity index is 1150. The second-order valence-corrected chi connectivity index (χ2v) is 12.9. The summed E-state index contributed by atoms with van der Waals surface area (Å²) in [5, 5.41) is 0.565. The second kappa shape index (κ2) is 16.0. The van der Waals surface area contributed by atoms with Crippen LogP contribution in [0.4, 0.5) is 0 Å². The molecule has 8 heteroatoms. The lowest BCUT2D eigenvalue weighted by atomic mass is 9.85. The lowest BCUT2D eigenvalue weighted by Crippen LogP contribution is -2.39. The molecule has 0 amide bonds. The number of rotatable bonds is 15. The number of hydrogen-bond donors (Lipinski definition) is 0. The summed E-state index contributed by atoms with van der Waals surface area (Å²) in [5.74, 6) is 0.0274. The average Bonchev–Trinajstić information content (AvgIpc) is 3.63. The molecule has 9 atom stereocenters. The van der Waals surface area contributed by atoms with Crippen LogP contribution in [0.3, 0.4) is 0 Å². The van der Waals surface area contributed by atoms with Crippen LogP contribution in [-0.4, -0.2) is 61.8 Å². The van der Waals surface area contributed by atoms with Gasteiger partial charge in [0.25, 0.3) is 0 Å². The summed E-state index contributed by atoms with van der Waals surface area (Å²) in [6, 6.07) is 6.64. The van der Waals surface area contributed by atoms with E-state index in [1.807, 2.05) is 6.92 Å². The van der Waals surface area contributed by atoms with Crippen molar-refractivity contribution in [1.29, 1.82) is 0 Å². The van der Waals surface area contributed by atoms with Gasteiger partial charge in [0.1, 0.15) is 12.7 Å². The van der Waals surface area contributed by atoms with Crippen molar-refractivity contribution in [3.8, 4) is 0 Å². The van der Waals surface area contributed by atoms with Crippen molar-refractivity contribution in [2.75, 3.05) is 13.7 Å². The standard InChI is InChI=1S/C35H49ClO7/c1-9-19-40-30(37)20-29-18-13-24(4)31(42-29)23(3)12-10-11-22(2)21-35(7)33(43-35)25(5)32(39-8)26(6)41-34(38)27-14-16-28(36)17-15-27/h9-12,14-17,22,24-26,29,31-33H,1,13,18-21H2,2-8H3/b11-10+,23-12+/t22-,24+,25-,26-,29-,31-,32-,33-,35-/m1/s1. The van der Waals surface area contributed by atoms with Crippen molar-refractivity contribution in [3.05, 3.63) is 71.3 Å². The van der Waals surface area contributed by atoms with E-state index in [0.29, 0.717) is 16.5 Å². The van der Waals surface area contributed by atoms with Gasteiger partial charge in [-0.15, -0.1) is 0 Å². The molecule has 43 heavy (non-hydrogen) atoms. The van der Waals surface area contributed by atoms with E-state index in [2.05, 4.69) is 59.4 Å². The topological polar surface area (TPSA) is 83.6 Å². The molecule has 2 saturated heterocycles. The molecule has 2 aliphatic heterocycles. The van der Waals surface area contributed by atoms with Gasteiger partial charge in [-0.2, -0.15) is 0 Å². The smallest absolute Gasteiger partial charge is 0.338 e. The van der Waals surface area contributed by atoms with E-state index in [0.717, 1.165) is 24.8 Å². The van der Waals surface area contributed by atoms with Gasteiger partial charge in [0.05, 0.1) is 42.0 Å². The monoisotopic (exact) mass is 616 g/mol. The number of hydrogen-bond acceptors (Lipinski definition) is 7. The Labute approximate surface area is 262 Å². The summed E-state index contributed by atoms with van der Waals surface area (Å²) >= 11 is 5.94. The van der Waals surface area contributed by atoms with E-state index >= 15 is 0 Å². The number of carbonyl (C=O) groups is 2. The lowest BCUT2D eigenvalue weighted by Gasteiger charge is -2.35. The Morgan fingerprint density at radius 3 is 2.53 bits per heavy atom. The molecule has 0 spiro atoms. The Hall–Kier alpha value is -2.45. The van der Waals surface area contributed by atoms with Gasteiger partial charge in [0.15, 0.2) is 0 Å². The van der Waals surface area contributed by atoms with Crippen LogP contribution in [0.1, 0.15) is 77.6 Å². The summed E-state index contributed by atoms with van der Waals surface area (Å²) in [5.41, 5.74) is 1.31. The highest BCUT2D eigenvalue weighted by Gasteiger charge is 2.57. The van der Waals surface area contributed by atoms with Crippen molar-refractivity contribution < 1.29 is 33.3 Å². The molecule has 7 nitrogen and oxygen atoms in total. The normalized spacial score (nSPS) is 28.5. The van der Waals surface area contributed by atoms with Crippen LogP contribution < -0.4 is 0 Å². The van der Waals surface area contributed by atoms with E-state index in [1.54, 1.807) is 37.5 Å². The quantitative estimate of drug-likeness (QED) is 0.0872. The molecule has 2 aliphatic rings. The molecule has 0 unspecified atom stereocenters. The average molecular weight is 617 g/mol. The van der Waals surface area contributed by atoms with Crippen LogP contribution >= 0.6 is 11.6 Å². The van der Waals surface area contributed by atoms with Gasteiger partial charge < -0.3 is 23.7 Å². The summed E-state index contributed by atoms with van der Waals surface area (Å²) in [6.07, 6.45) is 10.0. The first-order chi connectivity index (χ1) is 20.4. The van der Waals surface area contributed by atoms with Crippen LogP contribution in [-0.2, 0) is 28.5 Å². The summed E-state index contributed by atoms with van der Waals surface area (Å²) in [6.45, 7) is 16.3. The minimum atomic E-state index is -0.455. The van der Waals surface area contributed by atoms with Crippen molar-refractivity contribution in [2.45, 2.75) is 103 Å². The summed E-state index contributed by atoms with van der Waals surface area (Å²) < 4.78 is 29.2. The first-order valence-electron chi connectivity index (χ1n) is 15.3. The minimum absolute atomic E-state index is 0.00569. The molecule has 0 radical (unpaired) electrons. The maximum atomic E-state index is 12.6. The van der Waals surface area contributed by atoms with Crippen LogP contribution in [0.25, 0.3) is 0 Å². The van der Waals surface area contributed by atoms with Crippen LogP contribution in [0.5, 0.6) is 0 Å². The molecule has 238 valence electrons. The molecule has 0 bridgehead atoms. The molecular formula is C35H49ClO7. The number of benzene rings is 1. The number of esters is 2. The third kappa shape index (κ3) is 10.0. The Morgan fingerprint density at radius 1 is 1.19 bits per heavy atom. The van der Waals surface area contributed by atoms with Gasteiger partial charge in [0, 0.05) is 18.1 Å². The third-order valence-corrected chi connectivity index (χ3v) is 8.83. The van der Waals surface area contributed by atoms with E-state index in [9.17, 15) is 9.59 Å².